The van der Waals surface area contributed by atoms with Gasteiger partial charge in [-0.25, -0.2) is 4.39 Å². The van der Waals surface area contributed by atoms with Crippen molar-refractivity contribution >= 4 is 44.5 Å². The third kappa shape index (κ3) is 4.83. The van der Waals surface area contributed by atoms with Gasteiger partial charge in [0.15, 0.2) is 5.78 Å². The van der Waals surface area contributed by atoms with Crippen molar-refractivity contribution in [2.45, 2.75) is 65.3 Å². The summed E-state index contributed by atoms with van der Waals surface area (Å²) in [7, 11) is 0. The number of likely N-dealkylation sites (tertiary alicyclic amines) is 1. The molecule has 0 aliphatic carbocycles. The van der Waals surface area contributed by atoms with Crippen molar-refractivity contribution in [1.82, 2.24) is 9.80 Å². The Kier molecular flexibility index (Phi) is 7.11. The molecule has 2 aliphatic heterocycles. The first-order valence-corrected chi connectivity index (χ1v) is 14.3. The van der Waals surface area contributed by atoms with Gasteiger partial charge in [0.2, 0.25) is 5.91 Å². The summed E-state index contributed by atoms with van der Waals surface area (Å²) in [5.41, 5.74) is 4.17. The monoisotopic (exact) mass is 512 g/mol. The van der Waals surface area contributed by atoms with Crippen molar-refractivity contribution in [3.05, 3.63) is 55.3 Å². The topological polar surface area (TPSA) is 40.6 Å². The summed E-state index contributed by atoms with van der Waals surface area (Å²) in [5.74, 6) is 0.359. The number of thiophene rings is 2. The normalized spacial score (nSPS) is 17.2. The number of nitrogens with zero attached hydrogens (tertiary/aromatic N) is 2. The molecule has 0 atom stereocenters. The first kappa shape index (κ1) is 24.6. The van der Waals surface area contributed by atoms with Crippen molar-refractivity contribution < 1.29 is 14.0 Å². The highest BCUT2D eigenvalue weighted by molar-refractivity contribution is 7.21. The Hall–Kier alpha value is -2.09. The Morgan fingerprint density at radius 2 is 1.89 bits per heavy atom. The number of benzene rings is 1. The van der Waals surface area contributed by atoms with Crippen LogP contribution >= 0.6 is 22.7 Å². The highest BCUT2D eigenvalue weighted by Gasteiger charge is 2.28. The van der Waals surface area contributed by atoms with Crippen LogP contribution in [0, 0.1) is 5.82 Å². The van der Waals surface area contributed by atoms with Gasteiger partial charge < -0.3 is 9.80 Å². The number of hydrogen-bond donors (Lipinski definition) is 0. The Morgan fingerprint density at radius 1 is 1.11 bits per heavy atom. The van der Waals surface area contributed by atoms with Crippen LogP contribution in [-0.4, -0.2) is 47.7 Å². The molecule has 0 radical (unpaired) electrons. The molecule has 0 bridgehead atoms. The minimum atomic E-state index is -0.245. The van der Waals surface area contributed by atoms with E-state index in [1.54, 1.807) is 19.9 Å². The lowest BCUT2D eigenvalue weighted by Gasteiger charge is -2.32. The Balaban J connectivity index is 1.25. The molecular weight excluding hydrogens is 479 g/mol. The zero-order valence-electron chi connectivity index (χ0n) is 20.8. The van der Waals surface area contributed by atoms with E-state index < -0.39 is 0 Å². The third-order valence-corrected chi connectivity index (χ3v) is 10.3. The molecule has 1 saturated heterocycles. The van der Waals surface area contributed by atoms with Gasteiger partial charge >= 0.3 is 0 Å². The second kappa shape index (κ2) is 10.1. The maximum Gasteiger partial charge on any atom is 0.219 e. The van der Waals surface area contributed by atoms with Gasteiger partial charge in [-0.05, 0) is 92.2 Å². The summed E-state index contributed by atoms with van der Waals surface area (Å²) in [6.45, 7) is 10.2. The maximum absolute atomic E-state index is 13.8. The molecular formula is C28H33FN2O2S2. The van der Waals surface area contributed by atoms with Crippen LogP contribution < -0.4 is 0 Å². The predicted molar refractivity (Wildman–Crippen MR) is 142 cm³/mol. The number of ketones is 1. The summed E-state index contributed by atoms with van der Waals surface area (Å²) >= 11 is 3.36. The van der Waals surface area contributed by atoms with Crippen LogP contribution in [0.5, 0.6) is 0 Å². The van der Waals surface area contributed by atoms with E-state index in [9.17, 15) is 14.0 Å². The lowest BCUT2D eigenvalue weighted by molar-refractivity contribution is -0.129. The van der Waals surface area contributed by atoms with Gasteiger partial charge in [0.25, 0.3) is 0 Å². The van der Waals surface area contributed by atoms with Crippen LogP contribution in [0.2, 0.25) is 0 Å². The Bertz CT molecular complexity index is 1270. The average Bonchev–Trinajstić information content (AvgIpc) is 3.40. The van der Waals surface area contributed by atoms with E-state index in [1.165, 1.54) is 38.3 Å². The van der Waals surface area contributed by atoms with Crippen LogP contribution in [0.3, 0.4) is 0 Å². The van der Waals surface area contributed by atoms with Crippen LogP contribution in [0.15, 0.2) is 18.2 Å². The Labute approximate surface area is 214 Å². The van der Waals surface area contributed by atoms with Crippen molar-refractivity contribution in [3.63, 3.8) is 0 Å². The minimum absolute atomic E-state index is 0.0844. The summed E-state index contributed by atoms with van der Waals surface area (Å²) in [4.78, 5) is 32.4. The van der Waals surface area contributed by atoms with E-state index in [0.29, 0.717) is 5.92 Å². The summed E-state index contributed by atoms with van der Waals surface area (Å²) < 4.78 is 14.7. The molecule has 1 amide bonds. The largest absolute Gasteiger partial charge is 0.337 e. The summed E-state index contributed by atoms with van der Waals surface area (Å²) in [6, 6.07) is 4.93. The number of hydrogen-bond acceptors (Lipinski definition) is 5. The minimum Gasteiger partial charge on any atom is -0.337 e. The van der Waals surface area contributed by atoms with Gasteiger partial charge in [-0.3, -0.25) is 9.59 Å². The number of carbonyl (C=O) groups excluding carboxylic acids is 2. The predicted octanol–water partition coefficient (Wildman–Crippen LogP) is 6.19. The summed E-state index contributed by atoms with van der Waals surface area (Å²) in [5, 5.41) is 1.05. The van der Waals surface area contributed by atoms with Gasteiger partial charge in [-0.15, -0.1) is 22.7 Å². The van der Waals surface area contributed by atoms with E-state index in [-0.39, 0.29) is 17.5 Å². The Morgan fingerprint density at radius 3 is 2.57 bits per heavy atom. The molecule has 1 fully saturated rings. The number of piperidine rings is 1. The van der Waals surface area contributed by atoms with E-state index in [1.807, 2.05) is 22.3 Å². The fraction of sp³-hybridized carbons (Fsp3) is 0.500. The number of rotatable bonds is 6. The lowest BCUT2D eigenvalue weighted by Crippen LogP contribution is -2.34. The smallest absolute Gasteiger partial charge is 0.219 e. The summed E-state index contributed by atoms with van der Waals surface area (Å²) in [6.07, 6.45) is 5.15. The molecule has 2 aromatic heterocycles. The SMILES string of the molecule is CCc1c(CCN2CCC(c3c(C(C)=O)sc4cc(F)ccc34)CC2)sc2c1CCN(C(C)=O)C2. The van der Waals surface area contributed by atoms with Crippen LogP contribution in [-0.2, 0) is 30.6 Å². The van der Waals surface area contributed by atoms with Crippen molar-refractivity contribution in [2.75, 3.05) is 26.2 Å². The molecule has 35 heavy (non-hydrogen) atoms. The zero-order valence-corrected chi connectivity index (χ0v) is 22.4. The quantitative estimate of drug-likeness (QED) is 0.370. The molecule has 186 valence electrons. The van der Waals surface area contributed by atoms with Crippen molar-refractivity contribution in [1.29, 1.82) is 0 Å². The lowest BCUT2D eigenvalue weighted by atomic mass is 9.87. The first-order chi connectivity index (χ1) is 16.9. The van der Waals surface area contributed by atoms with Crippen LogP contribution in [0.4, 0.5) is 4.39 Å². The van der Waals surface area contributed by atoms with E-state index >= 15 is 0 Å². The van der Waals surface area contributed by atoms with Gasteiger partial charge in [0.1, 0.15) is 5.82 Å². The van der Waals surface area contributed by atoms with Crippen molar-refractivity contribution in [2.24, 2.45) is 0 Å². The highest BCUT2D eigenvalue weighted by Crippen LogP contribution is 2.41. The van der Waals surface area contributed by atoms with Gasteiger partial charge in [0, 0.05) is 34.5 Å². The molecule has 2 aliphatic rings. The third-order valence-electron chi connectivity index (χ3n) is 7.71. The average molecular weight is 513 g/mol. The molecule has 4 nitrogen and oxygen atoms in total. The molecule has 0 saturated carbocycles. The number of carbonyl (C=O) groups is 2. The molecule has 0 spiro atoms. The van der Waals surface area contributed by atoms with E-state index in [4.69, 9.17) is 0 Å². The van der Waals surface area contributed by atoms with Crippen LogP contribution in [0.25, 0.3) is 10.1 Å². The molecule has 1 aromatic carbocycles. The van der Waals surface area contributed by atoms with Gasteiger partial charge in [-0.1, -0.05) is 13.0 Å². The van der Waals surface area contributed by atoms with Gasteiger partial charge in [0.05, 0.1) is 11.4 Å². The van der Waals surface area contributed by atoms with Gasteiger partial charge in [-0.2, -0.15) is 0 Å². The molecule has 4 heterocycles. The number of amides is 1. The molecule has 5 rings (SSSR count). The maximum atomic E-state index is 13.8. The van der Waals surface area contributed by atoms with E-state index in [2.05, 4.69) is 11.8 Å². The standard InChI is InChI=1S/C28H33FN2O2S2/c1-4-21-22-9-14-31(18(3)33)16-26(22)34-24(21)10-13-30-11-7-19(8-12-30)27-23-6-5-20(29)15-25(23)35-28(27)17(2)32/h5-6,15,19H,4,7-14,16H2,1-3H3. The molecule has 3 aromatic rings. The molecule has 0 N–H and O–H groups in total. The first-order valence-electron chi connectivity index (χ1n) is 12.7. The fourth-order valence-electron chi connectivity index (χ4n) is 5.87. The van der Waals surface area contributed by atoms with Crippen molar-refractivity contribution in [3.8, 4) is 0 Å². The molecule has 0 unspecified atom stereocenters. The molecule has 7 heteroatoms. The second-order valence-corrected chi connectivity index (χ2v) is 12.1. The van der Waals surface area contributed by atoms with Crippen LogP contribution in [0.1, 0.15) is 75.6 Å². The fourth-order valence-corrected chi connectivity index (χ4v) is 8.53. The van der Waals surface area contributed by atoms with E-state index in [0.717, 1.165) is 85.4 Å². The zero-order chi connectivity index (χ0) is 24.7. The second-order valence-electron chi connectivity index (χ2n) is 9.86. The number of fused-ring (bicyclic) bond motifs is 2. The number of halogens is 1. The number of Topliss-reactive ketones (excluding diaryl/α,β-unsaturated/α-hetero) is 1. The highest BCUT2D eigenvalue weighted by atomic mass is 32.1.